The van der Waals surface area contributed by atoms with E-state index >= 15 is 0 Å². The van der Waals surface area contributed by atoms with Crippen molar-refractivity contribution >= 4 is 23.2 Å². The van der Waals surface area contributed by atoms with Crippen molar-refractivity contribution in [2.75, 3.05) is 10.2 Å². The highest BCUT2D eigenvalue weighted by Gasteiger charge is 2.39. The van der Waals surface area contributed by atoms with Crippen molar-refractivity contribution in [3.05, 3.63) is 59.9 Å². The molecule has 1 aliphatic rings. The predicted octanol–water partition coefficient (Wildman–Crippen LogP) is 3.13. The SMILES string of the molecule is CCc1ccc(N2C(=O)C[C@H](Nc3ccccc3F)C2=O)cc1. The summed E-state index contributed by atoms with van der Waals surface area (Å²) < 4.78 is 13.7. The third-order valence-electron chi connectivity index (χ3n) is 3.95. The number of hydrogen-bond acceptors (Lipinski definition) is 3. The van der Waals surface area contributed by atoms with Gasteiger partial charge in [-0.25, -0.2) is 9.29 Å². The molecule has 1 N–H and O–H groups in total. The van der Waals surface area contributed by atoms with Crippen LogP contribution in [0.3, 0.4) is 0 Å². The van der Waals surface area contributed by atoms with E-state index in [4.69, 9.17) is 0 Å². The van der Waals surface area contributed by atoms with Crippen LogP contribution >= 0.6 is 0 Å². The van der Waals surface area contributed by atoms with Crippen LogP contribution in [0, 0.1) is 5.82 Å². The zero-order valence-corrected chi connectivity index (χ0v) is 12.8. The van der Waals surface area contributed by atoms with Gasteiger partial charge in [0.15, 0.2) is 0 Å². The number of nitrogens with zero attached hydrogens (tertiary/aromatic N) is 1. The molecule has 0 saturated carbocycles. The molecule has 5 heteroatoms. The second-order valence-electron chi connectivity index (χ2n) is 5.47. The summed E-state index contributed by atoms with van der Waals surface area (Å²) in [6.07, 6.45) is 0.905. The second-order valence-corrected chi connectivity index (χ2v) is 5.47. The molecule has 2 aromatic rings. The topological polar surface area (TPSA) is 49.4 Å². The molecular formula is C18H17FN2O2. The molecule has 118 valence electrons. The van der Waals surface area contributed by atoms with E-state index in [9.17, 15) is 14.0 Å². The van der Waals surface area contributed by atoms with Gasteiger partial charge in [-0.3, -0.25) is 9.59 Å². The normalized spacial score (nSPS) is 17.7. The number of carbonyl (C=O) groups excluding carboxylic acids is 2. The number of amides is 2. The summed E-state index contributed by atoms with van der Waals surface area (Å²) in [6.45, 7) is 2.04. The number of imide groups is 1. The number of carbonyl (C=O) groups is 2. The molecule has 1 saturated heterocycles. The van der Waals surface area contributed by atoms with Crippen LogP contribution in [0.2, 0.25) is 0 Å². The van der Waals surface area contributed by atoms with E-state index in [0.717, 1.165) is 16.9 Å². The Morgan fingerprint density at radius 2 is 1.83 bits per heavy atom. The molecule has 0 aromatic heterocycles. The molecule has 1 fully saturated rings. The first-order valence-electron chi connectivity index (χ1n) is 7.57. The average Bonchev–Trinajstić information content (AvgIpc) is 2.84. The smallest absolute Gasteiger partial charge is 0.256 e. The summed E-state index contributed by atoms with van der Waals surface area (Å²) in [5.74, 6) is -1.09. The highest BCUT2D eigenvalue weighted by molar-refractivity contribution is 6.23. The van der Waals surface area contributed by atoms with Crippen LogP contribution in [0.4, 0.5) is 15.8 Å². The monoisotopic (exact) mass is 312 g/mol. The Morgan fingerprint density at radius 1 is 1.13 bits per heavy atom. The van der Waals surface area contributed by atoms with Crippen LogP contribution in [0.15, 0.2) is 48.5 Å². The van der Waals surface area contributed by atoms with Gasteiger partial charge in [-0.2, -0.15) is 0 Å². The number of halogens is 1. The fourth-order valence-electron chi connectivity index (χ4n) is 2.66. The van der Waals surface area contributed by atoms with Gasteiger partial charge in [0.2, 0.25) is 5.91 Å². The number of anilines is 2. The molecule has 0 unspecified atom stereocenters. The first-order chi connectivity index (χ1) is 11.1. The van der Waals surface area contributed by atoms with Crippen molar-refractivity contribution in [2.24, 2.45) is 0 Å². The van der Waals surface area contributed by atoms with Crippen LogP contribution in [0.1, 0.15) is 18.9 Å². The molecule has 1 heterocycles. The van der Waals surface area contributed by atoms with E-state index in [1.54, 1.807) is 30.3 Å². The number of nitrogens with one attached hydrogen (secondary N) is 1. The van der Waals surface area contributed by atoms with Crippen LogP contribution < -0.4 is 10.2 Å². The highest BCUT2D eigenvalue weighted by Crippen LogP contribution is 2.26. The molecule has 1 aliphatic heterocycles. The molecule has 2 aromatic carbocycles. The van der Waals surface area contributed by atoms with Crippen LogP contribution in [0.5, 0.6) is 0 Å². The molecule has 4 nitrogen and oxygen atoms in total. The fourth-order valence-corrected chi connectivity index (χ4v) is 2.66. The molecule has 0 aliphatic carbocycles. The van der Waals surface area contributed by atoms with Crippen LogP contribution in [-0.2, 0) is 16.0 Å². The van der Waals surface area contributed by atoms with E-state index < -0.39 is 11.9 Å². The quantitative estimate of drug-likeness (QED) is 0.882. The maximum absolute atomic E-state index is 13.7. The van der Waals surface area contributed by atoms with Crippen molar-refractivity contribution in [3.63, 3.8) is 0 Å². The maximum atomic E-state index is 13.7. The lowest BCUT2D eigenvalue weighted by Crippen LogP contribution is -2.34. The van der Waals surface area contributed by atoms with Gasteiger partial charge in [-0.1, -0.05) is 31.2 Å². The van der Waals surface area contributed by atoms with E-state index in [2.05, 4.69) is 5.32 Å². The Balaban J connectivity index is 1.80. The number of rotatable bonds is 4. The minimum absolute atomic E-state index is 0.0166. The van der Waals surface area contributed by atoms with E-state index in [0.29, 0.717) is 5.69 Å². The van der Waals surface area contributed by atoms with Gasteiger partial charge < -0.3 is 5.32 Å². The molecule has 3 rings (SSSR count). The Kier molecular flexibility index (Phi) is 4.10. The summed E-state index contributed by atoms with van der Waals surface area (Å²) in [5.41, 5.74) is 1.91. The largest absolute Gasteiger partial charge is 0.371 e. The third kappa shape index (κ3) is 2.95. The lowest BCUT2D eigenvalue weighted by Gasteiger charge is -2.16. The van der Waals surface area contributed by atoms with E-state index in [1.807, 2.05) is 19.1 Å². The average molecular weight is 312 g/mol. The molecular weight excluding hydrogens is 295 g/mol. The first kappa shape index (κ1) is 15.2. The van der Waals surface area contributed by atoms with Gasteiger partial charge in [-0.15, -0.1) is 0 Å². The standard InChI is InChI=1S/C18H17FN2O2/c1-2-12-7-9-13(10-8-12)21-17(22)11-16(18(21)23)20-15-6-4-3-5-14(15)19/h3-10,16,20H,2,11H2,1H3/t16-/m0/s1. The van der Waals surface area contributed by atoms with Crippen LogP contribution in [-0.4, -0.2) is 17.9 Å². The Bertz CT molecular complexity index is 743. The van der Waals surface area contributed by atoms with E-state index in [-0.39, 0.29) is 23.9 Å². The molecule has 2 amide bonds. The lowest BCUT2D eigenvalue weighted by atomic mass is 10.1. The Labute approximate surface area is 133 Å². The van der Waals surface area contributed by atoms with Crippen molar-refractivity contribution in [3.8, 4) is 0 Å². The first-order valence-corrected chi connectivity index (χ1v) is 7.57. The van der Waals surface area contributed by atoms with Crippen molar-refractivity contribution < 1.29 is 14.0 Å². The molecule has 23 heavy (non-hydrogen) atoms. The number of aryl methyl sites for hydroxylation is 1. The molecule has 0 bridgehead atoms. The summed E-state index contributed by atoms with van der Waals surface area (Å²) >= 11 is 0. The lowest BCUT2D eigenvalue weighted by molar-refractivity contribution is -0.121. The molecule has 1 atom stereocenters. The third-order valence-corrected chi connectivity index (χ3v) is 3.95. The van der Waals surface area contributed by atoms with Crippen molar-refractivity contribution in [1.82, 2.24) is 0 Å². The predicted molar refractivity (Wildman–Crippen MR) is 86.7 cm³/mol. The van der Waals surface area contributed by atoms with Gasteiger partial charge in [-0.05, 0) is 36.2 Å². The zero-order valence-electron chi connectivity index (χ0n) is 12.8. The Morgan fingerprint density at radius 3 is 2.48 bits per heavy atom. The Hall–Kier alpha value is -2.69. The maximum Gasteiger partial charge on any atom is 0.256 e. The van der Waals surface area contributed by atoms with Crippen molar-refractivity contribution in [1.29, 1.82) is 0 Å². The summed E-state index contributed by atoms with van der Waals surface area (Å²) in [4.78, 5) is 25.9. The summed E-state index contributed by atoms with van der Waals surface area (Å²) in [6, 6.07) is 12.7. The fraction of sp³-hybridized carbons (Fsp3) is 0.222. The zero-order chi connectivity index (χ0) is 16.4. The minimum atomic E-state index is -0.745. The van der Waals surface area contributed by atoms with Crippen molar-refractivity contribution in [2.45, 2.75) is 25.8 Å². The number of benzene rings is 2. The van der Waals surface area contributed by atoms with Gasteiger partial charge in [0, 0.05) is 0 Å². The number of hydrogen-bond donors (Lipinski definition) is 1. The number of para-hydroxylation sites is 1. The summed E-state index contributed by atoms with van der Waals surface area (Å²) in [7, 11) is 0. The minimum Gasteiger partial charge on any atom is -0.371 e. The second kappa shape index (κ2) is 6.20. The van der Waals surface area contributed by atoms with E-state index in [1.165, 1.54) is 6.07 Å². The summed E-state index contributed by atoms with van der Waals surface area (Å²) in [5, 5.41) is 2.82. The van der Waals surface area contributed by atoms with Gasteiger partial charge in [0.1, 0.15) is 11.9 Å². The van der Waals surface area contributed by atoms with Gasteiger partial charge in [0.25, 0.3) is 5.91 Å². The molecule has 0 radical (unpaired) electrons. The molecule has 0 spiro atoms. The van der Waals surface area contributed by atoms with Gasteiger partial charge >= 0.3 is 0 Å². The highest BCUT2D eigenvalue weighted by atomic mass is 19.1. The van der Waals surface area contributed by atoms with Gasteiger partial charge in [0.05, 0.1) is 17.8 Å². The van der Waals surface area contributed by atoms with Crippen LogP contribution in [0.25, 0.3) is 0 Å².